The highest BCUT2D eigenvalue weighted by atomic mass is 35.5. The number of alkyl halides is 1. The lowest BCUT2D eigenvalue weighted by atomic mass is 10.0. The van der Waals surface area contributed by atoms with Gasteiger partial charge in [0.2, 0.25) is 0 Å². The maximum Gasteiger partial charge on any atom is 0.0700 e. The first-order valence-electron chi connectivity index (χ1n) is 5.56. The molecule has 0 aromatic rings. The second kappa shape index (κ2) is 9.40. The summed E-state index contributed by atoms with van der Waals surface area (Å²) in [7, 11) is 1.68. The van der Waals surface area contributed by atoms with Gasteiger partial charge in [-0.1, -0.05) is 6.92 Å². The number of hydrogen-bond acceptors (Lipinski definition) is 3. The minimum atomic E-state index is 0.0636. The molecule has 0 aliphatic rings. The van der Waals surface area contributed by atoms with Crippen molar-refractivity contribution in [3.8, 4) is 0 Å². The molecule has 0 aliphatic heterocycles. The molecule has 0 saturated heterocycles. The highest BCUT2D eigenvalue weighted by Gasteiger charge is 2.18. The Morgan fingerprint density at radius 3 is 2.53 bits per heavy atom. The van der Waals surface area contributed by atoms with Crippen molar-refractivity contribution in [1.82, 2.24) is 5.32 Å². The number of ether oxygens (including phenoxy) is 2. The van der Waals surface area contributed by atoms with Crippen LogP contribution in [0.15, 0.2) is 0 Å². The average Bonchev–Trinajstić information content (AvgIpc) is 2.27. The number of halogens is 1. The fraction of sp³-hybridized carbons (Fsp3) is 1.00. The maximum atomic E-state index is 5.88. The summed E-state index contributed by atoms with van der Waals surface area (Å²) < 4.78 is 10.2. The molecule has 92 valence electrons. The number of nitrogens with one attached hydrogen (secondary N) is 1. The fourth-order valence-electron chi connectivity index (χ4n) is 1.08. The van der Waals surface area contributed by atoms with Crippen LogP contribution >= 0.6 is 11.6 Å². The van der Waals surface area contributed by atoms with Gasteiger partial charge in [0.1, 0.15) is 0 Å². The van der Waals surface area contributed by atoms with E-state index < -0.39 is 0 Å². The van der Waals surface area contributed by atoms with Crippen LogP contribution in [0.3, 0.4) is 0 Å². The van der Waals surface area contributed by atoms with Crippen LogP contribution < -0.4 is 5.32 Å². The van der Waals surface area contributed by atoms with Crippen molar-refractivity contribution in [3.05, 3.63) is 0 Å². The van der Waals surface area contributed by atoms with Gasteiger partial charge < -0.3 is 14.8 Å². The zero-order valence-corrected chi connectivity index (χ0v) is 10.9. The number of rotatable bonds is 10. The molecule has 0 aromatic carbocycles. The molecule has 4 heteroatoms. The van der Waals surface area contributed by atoms with E-state index in [-0.39, 0.29) is 5.54 Å². The third-order valence-electron chi connectivity index (χ3n) is 2.52. The van der Waals surface area contributed by atoms with Crippen LogP contribution in [-0.2, 0) is 9.47 Å². The van der Waals surface area contributed by atoms with Crippen LogP contribution in [0.4, 0.5) is 0 Å². The van der Waals surface area contributed by atoms with Crippen molar-refractivity contribution in [2.75, 3.05) is 39.4 Å². The summed E-state index contributed by atoms with van der Waals surface area (Å²) in [4.78, 5) is 0. The molecule has 0 aliphatic carbocycles. The van der Waals surface area contributed by atoms with E-state index in [1.807, 2.05) is 0 Å². The molecule has 0 saturated carbocycles. The van der Waals surface area contributed by atoms with E-state index in [0.717, 1.165) is 26.0 Å². The van der Waals surface area contributed by atoms with Crippen molar-refractivity contribution >= 4 is 11.6 Å². The van der Waals surface area contributed by atoms with Crippen LogP contribution in [0.5, 0.6) is 0 Å². The van der Waals surface area contributed by atoms with E-state index in [2.05, 4.69) is 19.2 Å². The van der Waals surface area contributed by atoms with Crippen LogP contribution in [0, 0.1) is 0 Å². The smallest absolute Gasteiger partial charge is 0.0700 e. The molecule has 0 radical (unpaired) electrons. The Morgan fingerprint density at radius 2 is 2.00 bits per heavy atom. The second-order valence-corrected chi connectivity index (χ2v) is 4.20. The largest absolute Gasteiger partial charge is 0.382 e. The second-order valence-electron chi connectivity index (χ2n) is 3.93. The third-order valence-corrected chi connectivity index (χ3v) is 3.11. The Labute approximate surface area is 98.5 Å². The predicted octanol–water partition coefficient (Wildman–Crippen LogP) is 2.04. The Balaban J connectivity index is 3.29. The quantitative estimate of drug-likeness (QED) is 0.466. The van der Waals surface area contributed by atoms with Crippen molar-refractivity contribution < 1.29 is 9.47 Å². The topological polar surface area (TPSA) is 30.5 Å². The van der Waals surface area contributed by atoms with Gasteiger partial charge in [0.25, 0.3) is 0 Å². The Morgan fingerprint density at radius 1 is 1.27 bits per heavy atom. The summed E-state index contributed by atoms with van der Waals surface area (Å²) in [6.07, 6.45) is 2.05. The van der Waals surface area contributed by atoms with Gasteiger partial charge in [-0.3, -0.25) is 0 Å². The first-order chi connectivity index (χ1) is 7.18. The van der Waals surface area contributed by atoms with Crippen molar-refractivity contribution in [3.63, 3.8) is 0 Å². The molecule has 0 amide bonds. The Kier molecular flexibility index (Phi) is 9.51. The average molecular weight is 238 g/mol. The third kappa shape index (κ3) is 8.03. The van der Waals surface area contributed by atoms with Gasteiger partial charge in [-0.2, -0.15) is 0 Å². The van der Waals surface area contributed by atoms with Gasteiger partial charge in [-0.15, -0.1) is 11.6 Å². The summed E-state index contributed by atoms with van der Waals surface area (Å²) >= 11 is 5.88. The summed E-state index contributed by atoms with van der Waals surface area (Å²) in [6.45, 7) is 7.36. The molecule has 1 unspecified atom stereocenters. The lowest BCUT2D eigenvalue weighted by Gasteiger charge is -2.27. The van der Waals surface area contributed by atoms with Gasteiger partial charge in [0, 0.05) is 25.1 Å². The molecule has 1 atom stereocenters. The summed E-state index contributed by atoms with van der Waals surface area (Å²) in [5.74, 6) is 0.647. The van der Waals surface area contributed by atoms with Crippen LogP contribution in [0.2, 0.25) is 0 Å². The first-order valence-corrected chi connectivity index (χ1v) is 6.09. The van der Waals surface area contributed by atoms with Gasteiger partial charge >= 0.3 is 0 Å². The van der Waals surface area contributed by atoms with Crippen molar-refractivity contribution in [1.29, 1.82) is 0 Å². The fourth-order valence-corrected chi connectivity index (χ4v) is 1.36. The monoisotopic (exact) mass is 237 g/mol. The first kappa shape index (κ1) is 15.2. The standard InChI is InChI=1S/C11H24ClNO2/c1-4-11(2,10-12)13-6-5-7-15-9-8-14-3/h13H,4-10H2,1-3H3. The minimum absolute atomic E-state index is 0.0636. The molecule has 0 rings (SSSR count). The van der Waals surface area contributed by atoms with E-state index >= 15 is 0 Å². The molecule has 1 N–H and O–H groups in total. The lowest BCUT2D eigenvalue weighted by molar-refractivity contribution is 0.0688. The summed E-state index contributed by atoms with van der Waals surface area (Å²) in [5, 5.41) is 3.44. The van der Waals surface area contributed by atoms with Gasteiger partial charge in [-0.05, 0) is 26.3 Å². The molecular formula is C11H24ClNO2. The van der Waals surface area contributed by atoms with E-state index in [4.69, 9.17) is 21.1 Å². The van der Waals surface area contributed by atoms with E-state index in [0.29, 0.717) is 19.1 Å². The van der Waals surface area contributed by atoms with Gasteiger partial charge in [0.15, 0.2) is 0 Å². The van der Waals surface area contributed by atoms with E-state index in [1.165, 1.54) is 0 Å². The van der Waals surface area contributed by atoms with Gasteiger partial charge in [0.05, 0.1) is 13.2 Å². The predicted molar refractivity (Wildman–Crippen MR) is 64.7 cm³/mol. The zero-order chi connectivity index (χ0) is 11.6. The molecule has 0 spiro atoms. The molecule has 15 heavy (non-hydrogen) atoms. The lowest BCUT2D eigenvalue weighted by Crippen LogP contribution is -2.44. The van der Waals surface area contributed by atoms with E-state index in [9.17, 15) is 0 Å². The minimum Gasteiger partial charge on any atom is -0.382 e. The zero-order valence-electron chi connectivity index (χ0n) is 10.1. The maximum absolute atomic E-state index is 5.88. The number of methoxy groups -OCH3 is 1. The van der Waals surface area contributed by atoms with Crippen molar-refractivity contribution in [2.24, 2.45) is 0 Å². The molecule has 0 bridgehead atoms. The SMILES string of the molecule is CCC(C)(CCl)NCCCOCCOC. The molecular weight excluding hydrogens is 214 g/mol. The molecule has 3 nitrogen and oxygen atoms in total. The molecule has 0 fully saturated rings. The Hall–Kier alpha value is 0.170. The molecule has 0 heterocycles. The Bertz CT molecular complexity index is 141. The van der Waals surface area contributed by atoms with Crippen molar-refractivity contribution in [2.45, 2.75) is 32.2 Å². The van der Waals surface area contributed by atoms with Crippen LogP contribution in [0.1, 0.15) is 26.7 Å². The number of hydrogen-bond donors (Lipinski definition) is 1. The van der Waals surface area contributed by atoms with Gasteiger partial charge in [-0.25, -0.2) is 0 Å². The highest BCUT2D eigenvalue weighted by molar-refractivity contribution is 6.18. The van der Waals surface area contributed by atoms with E-state index in [1.54, 1.807) is 7.11 Å². The molecule has 0 aromatic heterocycles. The summed E-state index contributed by atoms with van der Waals surface area (Å²) in [5.41, 5.74) is 0.0636. The normalized spacial score (nSPS) is 15.2. The summed E-state index contributed by atoms with van der Waals surface area (Å²) in [6, 6.07) is 0. The van der Waals surface area contributed by atoms with Crippen LogP contribution in [0.25, 0.3) is 0 Å². The van der Waals surface area contributed by atoms with Crippen LogP contribution in [-0.4, -0.2) is 44.9 Å². The highest BCUT2D eigenvalue weighted by Crippen LogP contribution is 2.10.